The van der Waals surface area contributed by atoms with Gasteiger partial charge in [0.2, 0.25) is 5.88 Å². The number of aromatic nitrogens is 1. The lowest BCUT2D eigenvalue weighted by Crippen LogP contribution is -2.44. The topological polar surface area (TPSA) is 54.5 Å². The van der Waals surface area contributed by atoms with Crippen molar-refractivity contribution in [3.05, 3.63) is 58.7 Å². The molecule has 1 amide bonds. The third-order valence-corrected chi connectivity index (χ3v) is 4.78. The van der Waals surface area contributed by atoms with Crippen LogP contribution in [0.25, 0.3) is 0 Å². The third kappa shape index (κ3) is 5.19. The maximum absolute atomic E-state index is 12.4. The molecule has 2 aromatic rings. The molecule has 0 spiro atoms. The summed E-state index contributed by atoms with van der Waals surface area (Å²) in [5, 5.41) is 3.88. The van der Waals surface area contributed by atoms with Crippen molar-refractivity contribution in [2.45, 2.75) is 32.4 Å². The number of benzene rings is 1. The first kappa shape index (κ1) is 18.7. The van der Waals surface area contributed by atoms with E-state index in [2.05, 4.69) is 27.3 Å². The van der Waals surface area contributed by atoms with Crippen LogP contribution >= 0.6 is 11.6 Å². The predicted molar refractivity (Wildman–Crippen MR) is 103 cm³/mol. The Hall–Kier alpha value is -2.11. The zero-order valence-electron chi connectivity index (χ0n) is 15.0. The van der Waals surface area contributed by atoms with Crippen LogP contribution < -0.4 is 10.1 Å². The summed E-state index contributed by atoms with van der Waals surface area (Å²) < 4.78 is 5.30. The lowest BCUT2D eigenvalue weighted by molar-refractivity contribution is 0.0908. The Bertz CT molecular complexity index is 711. The molecule has 0 atom stereocenters. The fourth-order valence-corrected chi connectivity index (χ4v) is 3.23. The van der Waals surface area contributed by atoms with Gasteiger partial charge in [0.25, 0.3) is 5.91 Å². The summed E-state index contributed by atoms with van der Waals surface area (Å²) in [6.45, 7) is 5.32. The molecule has 6 heteroatoms. The molecule has 3 rings (SSSR count). The molecule has 0 aliphatic carbocycles. The second kappa shape index (κ2) is 9.01. The summed E-state index contributed by atoms with van der Waals surface area (Å²) in [5.74, 6) is 0.469. The number of carbonyl (C=O) groups excluding carboxylic acids is 1. The number of piperidine rings is 1. The molecule has 1 aliphatic heterocycles. The summed E-state index contributed by atoms with van der Waals surface area (Å²) in [6, 6.07) is 11.7. The van der Waals surface area contributed by atoms with Gasteiger partial charge >= 0.3 is 0 Å². The van der Waals surface area contributed by atoms with Crippen LogP contribution in [0.1, 0.15) is 35.7 Å². The van der Waals surface area contributed by atoms with Crippen LogP contribution in [0, 0.1) is 0 Å². The number of halogens is 1. The summed E-state index contributed by atoms with van der Waals surface area (Å²) >= 11 is 5.93. The minimum atomic E-state index is -0.0725. The number of hydrogen-bond donors (Lipinski definition) is 1. The average Bonchev–Trinajstić information content (AvgIpc) is 2.66. The van der Waals surface area contributed by atoms with Crippen LogP contribution in [0.15, 0.2) is 42.6 Å². The number of pyridine rings is 1. The van der Waals surface area contributed by atoms with Gasteiger partial charge in [-0.3, -0.25) is 9.69 Å². The van der Waals surface area contributed by atoms with Gasteiger partial charge in [-0.05, 0) is 43.5 Å². The molecule has 1 aliphatic rings. The number of carbonyl (C=O) groups is 1. The highest BCUT2D eigenvalue weighted by atomic mass is 35.5. The number of amides is 1. The van der Waals surface area contributed by atoms with Crippen molar-refractivity contribution in [1.29, 1.82) is 0 Å². The van der Waals surface area contributed by atoms with Gasteiger partial charge in [-0.1, -0.05) is 23.7 Å². The molecule has 1 fully saturated rings. The zero-order chi connectivity index (χ0) is 18.4. The van der Waals surface area contributed by atoms with Gasteiger partial charge in [0, 0.05) is 43.0 Å². The lowest BCUT2D eigenvalue weighted by atomic mass is 10.0. The highest BCUT2D eigenvalue weighted by Crippen LogP contribution is 2.16. The second-order valence-corrected chi connectivity index (χ2v) is 6.90. The molecule has 2 heterocycles. The summed E-state index contributed by atoms with van der Waals surface area (Å²) in [5.41, 5.74) is 1.83. The minimum absolute atomic E-state index is 0.0725. The first-order chi connectivity index (χ1) is 12.6. The number of nitrogens with one attached hydrogen (secondary N) is 1. The molecule has 1 N–H and O–H groups in total. The summed E-state index contributed by atoms with van der Waals surface area (Å²) in [4.78, 5) is 18.9. The molecule has 138 valence electrons. The van der Waals surface area contributed by atoms with Crippen molar-refractivity contribution in [2.24, 2.45) is 0 Å². The van der Waals surface area contributed by atoms with E-state index in [0.717, 1.165) is 37.5 Å². The SMILES string of the molecule is CCOc1ccc(C(=O)NC2CCN(Cc3ccc(Cl)cc3)CC2)cn1. The lowest BCUT2D eigenvalue weighted by Gasteiger charge is -2.32. The molecule has 1 saturated heterocycles. The van der Waals surface area contributed by atoms with Crippen molar-refractivity contribution in [3.63, 3.8) is 0 Å². The van der Waals surface area contributed by atoms with E-state index in [4.69, 9.17) is 16.3 Å². The Balaban J connectivity index is 1.45. The van der Waals surface area contributed by atoms with E-state index in [9.17, 15) is 4.79 Å². The molecule has 0 bridgehead atoms. The third-order valence-electron chi connectivity index (χ3n) is 4.53. The maximum Gasteiger partial charge on any atom is 0.253 e. The average molecular weight is 374 g/mol. The number of rotatable bonds is 6. The summed E-state index contributed by atoms with van der Waals surface area (Å²) in [7, 11) is 0. The van der Waals surface area contributed by atoms with Gasteiger partial charge < -0.3 is 10.1 Å². The monoisotopic (exact) mass is 373 g/mol. The van der Waals surface area contributed by atoms with E-state index in [1.807, 2.05) is 19.1 Å². The number of ether oxygens (including phenoxy) is 1. The Labute approximate surface area is 159 Å². The standard InChI is InChI=1S/C20H24ClN3O2/c1-2-26-19-8-5-16(13-22-19)20(25)23-18-9-11-24(12-10-18)14-15-3-6-17(21)7-4-15/h3-8,13,18H,2,9-12,14H2,1H3,(H,23,25). The maximum atomic E-state index is 12.4. The molecule has 1 aromatic heterocycles. The molecular formula is C20H24ClN3O2. The number of likely N-dealkylation sites (tertiary alicyclic amines) is 1. The van der Waals surface area contributed by atoms with Gasteiger partial charge in [0.1, 0.15) is 0 Å². The van der Waals surface area contributed by atoms with E-state index < -0.39 is 0 Å². The van der Waals surface area contributed by atoms with E-state index in [1.165, 1.54) is 5.56 Å². The largest absolute Gasteiger partial charge is 0.478 e. The minimum Gasteiger partial charge on any atom is -0.478 e. The molecule has 5 nitrogen and oxygen atoms in total. The van der Waals surface area contributed by atoms with Crippen molar-refractivity contribution >= 4 is 17.5 Å². The molecule has 26 heavy (non-hydrogen) atoms. The van der Waals surface area contributed by atoms with Crippen molar-refractivity contribution in [2.75, 3.05) is 19.7 Å². The normalized spacial score (nSPS) is 15.6. The molecule has 0 unspecified atom stereocenters. The first-order valence-electron chi connectivity index (χ1n) is 9.00. The Morgan fingerprint density at radius 1 is 1.23 bits per heavy atom. The van der Waals surface area contributed by atoms with E-state index >= 15 is 0 Å². The number of hydrogen-bond acceptors (Lipinski definition) is 4. The van der Waals surface area contributed by atoms with Gasteiger partial charge in [0.05, 0.1) is 12.2 Å². The zero-order valence-corrected chi connectivity index (χ0v) is 15.7. The Kier molecular flexibility index (Phi) is 6.47. The molecule has 0 saturated carbocycles. The number of nitrogens with zero attached hydrogens (tertiary/aromatic N) is 2. The molecule has 1 aromatic carbocycles. The van der Waals surface area contributed by atoms with E-state index in [-0.39, 0.29) is 11.9 Å². The summed E-state index contributed by atoms with van der Waals surface area (Å²) in [6.07, 6.45) is 3.46. The van der Waals surface area contributed by atoms with Crippen LogP contribution in [0.4, 0.5) is 0 Å². The first-order valence-corrected chi connectivity index (χ1v) is 9.38. The van der Waals surface area contributed by atoms with E-state index in [1.54, 1.807) is 18.3 Å². The van der Waals surface area contributed by atoms with Crippen molar-refractivity contribution < 1.29 is 9.53 Å². The van der Waals surface area contributed by atoms with Gasteiger partial charge in [-0.15, -0.1) is 0 Å². The highest BCUT2D eigenvalue weighted by Gasteiger charge is 2.21. The van der Waals surface area contributed by atoms with Gasteiger partial charge in [-0.2, -0.15) is 0 Å². The van der Waals surface area contributed by atoms with Crippen molar-refractivity contribution in [1.82, 2.24) is 15.2 Å². The fourth-order valence-electron chi connectivity index (χ4n) is 3.10. The second-order valence-electron chi connectivity index (χ2n) is 6.47. The van der Waals surface area contributed by atoms with Crippen LogP contribution in [-0.4, -0.2) is 41.5 Å². The molecular weight excluding hydrogens is 350 g/mol. The quantitative estimate of drug-likeness (QED) is 0.841. The van der Waals surface area contributed by atoms with Crippen LogP contribution in [-0.2, 0) is 6.54 Å². The highest BCUT2D eigenvalue weighted by molar-refractivity contribution is 6.30. The Morgan fingerprint density at radius 2 is 1.96 bits per heavy atom. The molecule has 0 radical (unpaired) electrons. The van der Waals surface area contributed by atoms with Gasteiger partial charge in [-0.25, -0.2) is 4.98 Å². The smallest absolute Gasteiger partial charge is 0.253 e. The van der Waals surface area contributed by atoms with E-state index in [0.29, 0.717) is 18.1 Å². The van der Waals surface area contributed by atoms with Gasteiger partial charge in [0.15, 0.2) is 0 Å². The van der Waals surface area contributed by atoms with Crippen LogP contribution in [0.2, 0.25) is 5.02 Å². The van der Waals surface area contributed by atoms with Crippen LogP contribution in [0.3, 0.4) is 0 Å². The van der Waals surface area contributed by atoms with Crippen molar-refractivity contribution in [3.8, 4) is 5.88 Å². The fraction of sp³-hybridized carbons (Fsp3) is 0.400. The predicted octanol–water partition coefficient (Wildman–Crippen LogP) is 3.53. The Morgan fingerprint density at radius 3 is 2.58 bits per heavy atom. The van der Waals surface area contributed by atoms with Crippen LogP contribution in [0.5, 0.6) is 5.88 Å².